The Bertz CT molecular complexity index is 512. The number of aryl methyl sites for hydroxylation is 3. The molecular weight excluding hydrogens is 224 g/mol. The molecule has 1 aromatic heterocycles. The molecule has 0 saturated carbocycles. The van der Waals surface area contributed by atoms with Gasteiger partial charge in [-0.15, -0.1) is 0 Å². The molecule has 3 nitrogen and oxygen atoms in total. The van der Waals surface area contributed by atoms with Gasteiger partial charge in [0.25, 0.3) is 0 Å². The molecule has 1 heterocycles. The molecule has 0 bridgehead atoms. The molecule has 0 amide bonds. The van der Waals surface area contributed by atoms with Crippen LogP contribution in [0.2, 0.25) is 0 Å². The highest BCUT2D eigenvalue weighted by Gasteiger charge is 2.10. The maximum absolute atomic E-state index is 5.56. The molecule has 0 aliphatic carbocycles. The molecular formula is C15H20N2O. The van der Waals surface area contributed by atoms with Crippen molar-refractivity contribution in [3.63, 3.8) is 0 Å². The summed E-state index contributed by atoms with van der Waals surface area (Å²) in [6.45, 7) is 8.85. The van der Waals surface area contributed by atoms with Gasteiger partial charge in [0.15, 0.2) is 0 Å². The maximum Gasteiger partial charge on any atom is 0.208 e. The van der Waals surface area contributed by atoms with Crippen LogP contribution in [0.1, 0.15) is 41.4 Å². The molecule has 0 unspecified atom stereocenters. The molecule has 1 aromatic carbocycles. The van der Waals surface area contributed by atoms with Gasteiger partial charge in [-0.25, -0.2) is 4.98 Å². The first-order valence-electron chi connectivity index (χ1n) is 6.29. The van der Waals surface area contributed by atoms with Gasteiger partial charge in [0.1, 0.15) is 5.76 Å². The SMILES string of the molecule is Cc1ccccc1[C@H](C)NCc1nc(C)c(C)o1. The van der Waals surface area contributed by atoms with E-state index >= 15 is 0 Å². The molecule has 2 aromatic rings. The van der Waals surface area contributed by atoms with E-state index in [-0.39, 0.29) is 0 Å². The van der Waals surface area contributed by atoms with E-state index in [2.05, 4.69) is 48.4 Å². The summed E-state index contributed by atoms with van der Waals surface area (Å²) >= 11 is 0. The van der Waals surface area contributed by atoms with E-state index in [1.165, 1.54) is 11.1 Å². The summed E-state index contributed by atoms with van der Waals surface area (Å²) < 4.78 is 5.56. The second-order valence-electron chi connectivity index (χ2n) is 4.71. The second-order valence-corrected chi connectivity index (χ2v) is 4.71. The summed E-state index contributed by atoms with van der Waals surface area (Å²) in [6.07, 6.45) is 0. The average Bonchev–Trinajstić information content (AvgIpc) is 2.66. The van der Waals surface area contributed by atoms with Crippen molar-refractivity contribution in [2.45, 2.75) is 40.3 Å². The zero-order valence-electron chi connectivity index (χ0n) is 11.4. The van der Waals surface area contributed by atoms with E-state index in [9.17, 15) is 0 Å². The number of nitrogens with zero attached hydrogens (tertiary/aromatic N) is 1. The first-order chi connectivity index (χ1) is 8.58. The molecule has 0 aliphatic heterocycles. The number of benzene rings is 1. The Labute approximate surface area is 108 Å². The monoisotopic (exact) mass is 244 g/mol. The van der Waals surface area contributed by atoms with Gasteiger partial charge in [0.05, 0.1) is 12.2 Å². The number of oxazole rings is 1. The van der Waals surface area contributed by atoms with Crippen LogP contribution in [-0.4, -0.2) is 4.98 Å². The van der Waals surface area contributed by atoms with Crippen molar-refractivity contribution >= 4 is 0 Å². The van der Waals surface area contributed by atoms with Crippen LogP contribution in [0.15, 0.2) is 28.7 Å². The van der Waals surface area contributed by atoms with E-state index in [0.29, 0.717) is 12.6 Å². The summed E-state index contributed by atoms with van der Waals surface area (Å²) in [6, 6.07) is 8.71. The van der Waals surface area contributed by atoms with Crippen LogP contribution >= 0.6 is 0 Å². The van der Waals surface area contributed by atoms with Crippen LogP contribution < -0.4 is 5.32 Å². The third-order valence-electron chi connectivity index (χ3n) is 3.29. The van der Waals surface area contributed by atoms with E-state index in [1.54, 1.807) is 0 Å². The summed E-state index contributed by atoms with van der Waals surface area (Å²) in [5, 5.41) is 3.44. The maximum atomic E-state index is 5.56. The number of hydrogen-bond acceptors (Lipinski definition) is 3. The number of hydrogen-bond donors (Lipinski definition) is 1. The quantitative estimate of drug-likeness (QED) is 0.895. The molecule has 0 aliphatic rings. The molecule has 96 valence electrons. The molecule has 0 saturated heterocycles. The van der Waals surface area contributed by atoms with Crippen molar-refractivity contribution in [3.05, 3.63) is 52.7 Å². The van der Waals surface area contributed by atoms with Crippen molar-refractivity contribution in [2.24, 2.45) is 0 Å². The molecule has 0 spiro atoms. The van der Waals surface area contributed by atoms with Gasteiger partial charge in [0, 0.05) is 6.04 Å². The van der Waals surface area contributed by atoms with Crippen molar-refractivity contribution in [3.8, 4) is 0 Å². The van der Waals surface area contributed by atoms with Crippen molar-refractivity contribution in [1.29, 1.82) is 0 Å². The minimum Gasteiger partial charge on any atom is -0.444 e. The third kappa shape index (κ3) is 2.79. The highest BCUT2D eigenvalue weighted by Crippen LogP contribution is 2.17. The van der Waals surface area contributed by atoms with Gasteiger partial charge in [-0.2, -0.15) is 0 Å². The molecule has 2 rings (SSSR count). The lowest BCUT2D eigenvalue weighted by Gasteiger charge is -2.15. The van der Waals surface area contributed by atoms with Crippen LogP contribution in [0.5, 0.6) is 0 Å². The lowest BCUT2D eigenvalue weighted by atomic mass is 10.0. The Balaban J connectivity index is 2.00. The Kier molecular flexibility index (Phi) is 3.82. The third-order valence-corrected chi connectivity index (χ3v) is 3.29. The minimum absolute atomic E-state index is 0.290. The Morgan fingerprint density at radius 3 is 2.56 bits per heavy atom. The van der Waals surface area contributed by atoms with Crippen LogP contribution in [0, 0.1) is 20.8 Å². The van der Waals surface area contributed by atoms with E-state index in [1.807, 2.05) is 13.8 Å². The first-order valence-corrected chi connectivity index (χ1v) is 6.29. The highest BCUT2D eigenvalue weighted by molar-refractivity contribution is 5.28. The molecule has 1 N–H and O–H groups in total. The Hall–Kier alpha value is -1.61. The van der Waals surface area contributed by atoms with Crippen LogP contribution in [0.4, 0.5) is 0 Å². The molecule has 0 radical (unpaired) electrons. The average molecular weight is 244 g/mol. The van der Waals surface area contributed by atoms with Gasteiger partial charge in [-0.05, 0) is 38.8 Å². The van der Waals surface area contributed by atoms with E-state index in [4.69, 9.17) is 4.42 Å². The highest BCUT2D eigenvalue weighted by atomic mass is 16.4. The Morgan fingerprint density at radius 2 is 1.94 bits per heavy atom. The standard InChI is InChI=1S/C15H20N2O/c1-10-7-5-6-8-14(10)12(3)16-9-15-17-11(2)13(4)18-15/h5-8,12,16H,9H2,1-4H3/t12-/m0/s1. The fraction of sp³-hybridized carbons (Fsp3) is 0.400. The lowest BCUT2D eigenvalue weighted by Crippen LogP contribution is -2.19. The number of nitrogens with one attached hydrogen (secondary N) is 1. The number of aromatic nitrogens is 1. The van der Waals surface area contributed by atoms with Crippen molar-refractivity contribution in [1.82, 2.24) is 10.3 Å². The zero-order valence-corrected chi connectivity index (χ0v) is 11.4. The number of rotatable bonds is 4. The lowest BCUT2D eigenvalue weighted by molar-refractivity contribution is 0.431. The Morgan fingerprint density at radius 1 is 1.22 bits per heavy atom. The predicted molar refractivity (Wildman–Crippen MR) is 72.4 cm³/mol. The fourth-order valence-corrected chi connectivity index (χ4v) is 2.04. The smallest absolute Gasteiger partial charge is 0.208 e. The van der Waals surface area contributed by atoms with Gasteiger partial charge >= 0.3 is 0 Å². The summed E-state index contributed by atoms with van der Waals surface area (Å²) in [5.74, 6) is 1.65. The van der Waals surface area contributed by atoms with Crippen LogP contribution in [0.25, 0.3) is 0 Å². The van der Waals surface area contributed by atoms with Crippen molar-refractivity contribution in [2.75, 3.05) is 0 Å². The molecule has 0 fully saturated rings. The van der Waals surface area contributed by atoms with Gasteiger partial charge in [0.2, 0.25) is 5.89 Å². The van der Waals surface area contributed by atoms with Crippen molar-refractivity contribution < 1.29 is 4.42 Å². The van der Waals surface area contributed by atoms with Gasteiger partial charge in [-0.1, -0.05) is 24.3 Å². The summed E-state index contributed by atoms with van der Waals surface area (Å²) in [7, 11) is 0. The predicted octanol–water partition coefficient (Wildman–Crippen LogP) is 3.45. The zero-order chi connectivity index (χ0) is 13.1. The van der Waals surface area contributed by atoms with E-state index < -0.39 is 0 Å². The minimum atomic E-state index is 0.290. The van der Waals surface area contributed by atoms with Crippen LogP contribution in [-0.2, 0) is 6.54 Å². The molecule has 1 atom stereocenters. The largest absolute Gasteiger partial charge is 0.444 e. The second kappa shape index (κ2) is 5.36. The van der Waals surface area contributed by atoms with Gasteiger partial charge < -0.3 is 9.73 Å². The molecule has 18 heavy (non-hydrogen) atoms. The van der Waals surface area contributed by atoms with Crippen LogP contribution in [0.3, 0.4) is 0 Å². The topological polar surface area (TPSA) is 38.1 Å². The first kappa shape index (κ1) is 12.8. The fourth-order valence-electron chi connectivity index (χ4n) is 2.04. The van der Waals surface area contributed by atoms with Gasteiger partial charge in [-0.3, -0.25) is 0 Å². The normalized spacial score (nSPS) is 12.7. The summed E-state index contributed by atoms with van der Waals surface area (Å²) in [5.41, 5.74) is 3.59. The summed E-state index contributed by atoms with van der Waals surface area (Å²) in [4.78, 5) is 4.37. The van der Waals surface area contributed by atoms with E-state index in [0.717, 1.165) is 17.3 Å². The molecule has 3 heteroatoms.